The molecule has 0 aliphatic carbocycles. The average molecular weight is 312 g/mol. The van der Waals surface area contributed by atoms with Gasteiger partial charge in [0.15, 0.2) is 11.5 Å². The number of nitrogens with one attached hydrogen (secondary N) is 2. The van der Waals surface area contributed by atoms with Crippen molar-refractivity contribution in [2.24, 2.45) is 0 Å². The molecule has 1 aliphatic rings. The molecular weight excluding hydrogens is 299 g/mol. The first-order valence-electron chi connectivity index (χ1n) is 6.90. The van der Waals surface area contributed by atoms with Gasteiger partial charge in [-0.3, -0.25) is 0 Å². The number of benzene rings is 2. The van der Waals surface area contributed by atoms with Crippen LogP contribution in [-0.4, -0.2) is 19.4 Å². The zero-order valence-corrected chi connectivity index (χ0v) is 12.1. The molecule has 0 fully saturated rings. The number of carbonyl (C=O) groups is 1. The first-order chi connectivity index (χ1) is 11.2. The van der Waals surface area contributed by atoms with Gasteiger partial charge in [-0.05, 0) is 24.3 Å². The molecule has 2 N–H and O–H groups in total. The SMILES string of the molecule is O=C(NCC#Cc1ccccc1F)Nc1ccc2c(c1)OCO2. The predicted octanol–water partition coefficient (Wildman–Crippen LogP) is 2.73. The van der Waals surface area contributed by atoms with Crippen molar-refractivity contribution in [1.29, 1.82) is 0 Å². The van der Waals surface area contributed by atoms with E-state index in [4.69, 9.17) is 9.47 Å². The molecule has 1 aliphatic heterocycles. The van der Waals surface area contributed by atoms with Crippen LogP contribution in [0.2, 0.25) is 0 Å². The Kier molecular flexibility index (Phi) is 4.29. The molecular formula is C17H13FN2O3. The van der Waals surface area contributed by atoms with Gasteiger partial charge in [0, 0.05) is 11.8 Å². The minimum Gasteiger partial charge on any atom is -0.454 e. The molecule has 5 nitrogen and oxygen atoms in total. The lowest BCUT2D eigenvalue weighted by molar-refractivity contribution is 0.174. The first-order valence-corrected chi connectivity index (χ1v) is 6.90. The summed E-state index contributed by atoms with van der Waals surface area (Å²) in [4.78, 5) is 11.8. The van der Waals surface area contributed by atoms with Crippen molar-refractivity contribution in [3.8, 4) is 23.3 Å². The summed E-state index contributed by atoms with van der Waals surface area (Å²) in [6.45, 7) is 0.279. The van der Waals surface area contributed by atoms with Gasteiger partial charge in [0.1, 0.15) is 5.82 Å². The Morgan fingerprint density at radius 2 is 2.00 bits per heavy atom. The third-order valence-electron chi connectivity index (χ3n) is 3.06. The Morgan fingerprint density at radius 3 is 2.87 bits per heavy atom. The van der Waals surface area contributed by atoms with E-state index in [1.54, 1.807) is 36.4 Å². The maximum Gasteiger partial charge on any atom is 0.319 e. The highest BCUT2D eigenvalue weighted by Crippen LogP contribution is 2.34. The van der Waals surface area contributed by atoms with Gasteiger partial charge in [0.25, 0.3) is 0 Å². The van der Waals surface area contributed by atoms with E-state index in [-0.39, 0.29) is 19.2 Å². The first kappa shape index (κ1) is 14.7. The molecule has 0 spiro atoms. The molecule has 0 saturated carbocycles. The number of hydrogen-bond donors (Lipinski definition) is 2. The van der Waals surface area contributed by atoms with Gasteiger partial charge >= 0.3 is 6.03 Å². The fourth-order valence-corrected chi connectivity index (χ4v) is 1.98. The van der Waals surface area contributed by atoms with E-state index < -0.39 is 6.03 Å². The second-order valence-electron chi connectivity index (χ2n) is 4.66. The van der Waals surface area contributed by atoms with Crippen molar-refractivity contribution in [1.82, 2.24) is 5.32 Å². The molecule has 0 unspecified atom stereocenters. The zero-order chi connectivity index (χ0) is 16.1. The second kappa shape index (κ2) is 6.71. The van der Waals surface area contributed by atoms with Gasteiger partial charge in [-0.2, -0.15) is 0 Å². The van der Waals surface area contributed by atoms with E-state index in [1.165, 1.54) is 6.07 Å². The lowest BCUT2D eigenvalue weighted by Gasteiger charge is -2.06. The third kappa shape index (κ3) is 3.71. The van der Waals surface area contributed by atoms with Crippen molar-refractivity contribution in [3.05, 3.63) is 53.8 Å². The summed E-state index contributed by atoms with van der Waals surface area (Å²) < 4.78 is 23.8. The Bertz CT molecular complexity index is 796. The monoisotopic (exact) mass is 312 g/mol. The lowest BCUT2D eigenvalue weighted by atomic mass is 10.2. The number of anilines is 1. The third-order valence-corrected chi connectivity index (χ3v) is 3.06. The summed E-state index contributed by atoms with van der Waals surface area (Å²) in [5.41, 5.74) is 0.874. The number of urea groups is 1. The van der Waals surface area contributed by atoms with Crippen LogP contribution in [0.5, 0.6) is 11.5 Å². The fourth-order valence-electron chi connectivity index (χ4n) is 1.98. The Balaban J connectivity index is 1.52. The van der Waals surface area contributed by atoms with E-state index in [0.717, 1.165) is 0 Å². The predicted molar refractivity (Wildman–Crippen MR) is 82.9 cm³/mol. The summed E-state index contributed by atoms with van der Waals surface area (Å²) in [5.74, 6) is 6.20. The normalized spacial score (nSPS) is 11.3. The Labute approximate surface area is 132 Å². The minimum absolute atomic E-state index is 0.102. The molecule has 0 atom stereocenters. The van der Waals surface area contributed by atoms with Crippen LogP contribution in [0.15, 0.2) is 42.5 Å². The number of hydrogen-bond acceptors (Lipinski definition) is 3. The van der Waals surface area contributed by atoms with Gasteiger partial charge in [-0.25, -0.2) is 9.18 Å². The molecule has 0 bridgehead atoms. The fraction of sp³-hybridized carbons (Fsp3) is 0.118. The highest BCUT2D eigenvalue weighted by Gasteiger charge is 2.13. The van der Waals surface area contributed by atoms with Gasteiger partial charge in [-0.1, -0.05) is 24.0 Å². The molecule has 116 valence electrons. The Hall–Kier alpha value is -3.20. The number of rotatable bonds is 2. The van der Waals surface area contributed by atoms with Crippen LogP contribution in [0.1, 0.15) is 5.56 Å². The second-order valence-corrected chi connectivity index (χ2v) is 4.66. The van der Waals surface area contributed by atoms with E-state index in [9.17, 15) is 9.18 Å². The van der Waals surface area contributed by atoms with Crippen molar-refractivity contribution in [2.75, 3.05) is 18.7 Å². The van der Waals surface area contributed by atoms with Crippen LogP contribution >= 0.6 is 0 Å². The van der Waals surface area contributed by atoms with Crippen LogP contribution in [0.25, 0.3) is 0 Å². The van der Waals surface area contributed by atoms with Crippen molar-refractivity contribution >= 4 is 11.7 Å². The number of fused-ring (bicyclic) bond motifs is 1. The summed E-state index contributed by atoms with van der Waals surface area (Å²) in [7, 11) is 0. The summed E-state index contributed by atoms with van der Waals surface area (Å²) in [6.07, 6.45) is 0. The van der Waals surface area contributed by atoms with Crippen LogP contribution < -0.4 is 20.1 Å². The quantitative estimate of drug-likeness (QED) is 0.838. The van der Waals surface area contributed by atoms with Crippen molar-refractivity contribution < 1.29 is 18.7 Å². The number of amides is 2. The van der Waals surface area contributed by atoms with E-state index in [0.29, 0.717) is 22.7 Å². The molecule has 1 heterocycles. The molecule has 0 aromatic heterocycles. The van der Waals surface area contributed by atoms with Gasteiger partial charge < -0.3 is 20.1 Å². The summed E-state index contributed by atoms with van der Waals surface area (Å²) in [6, 6.07) is 10.9. The maximum atomic E-state index is 13.3. The zero-order valence-electron chi connectivity index (χ0n) is 12.1. The highest BCUT2D eigenvalue weighted by molar-refractivity contribution is 5.89. The van der Waals surface area contributed by atoms with Crippen LogP contribution in [0, 0.1) is 17.7 Å². The van der Waals surface area contributed by atoms with Crippen molar-refractivity contribution in [2.45, 2.75) is 0 Å². The average Bonchev–Trinajstić information content (AvgIpc) is 3.01. The van der Waals surface area contributed by atoms with Gasteiger partial charge in [0.2, 0.25) is 6.79 Å². The molecule has 2 amide bonds. The molecule has 2 aromatic rings. The molecule has 0 saturated heterocycles. The summed E-state index contributed by atoms with van der Waals surface area (Å²) in [5, 5.41) is 5.22. The van der Waals surface area contributed by atoms with Crippen LogP contribution in [0.4, 0.5) is 14.9 Å². The standard InChI is InChI=1S/C17H13FN2O3/c18-14-6-2-1-4-12(14)5-3-9-19-17(21)20-13-7-8-15-16(10-13)23-11-22-15/h1-2,4,6-8,10H,9,11H2,(H2,19,20,21). The topological polar surface area (TPSA) is 59.6 Å². The van der Waals surface area contributed by atoms with E-state index in [2.05, 4.69) is 22.5 Å². The highest BCUT2D eigenvalue weighted by atomic mass is 19.1. The summed E-state index contributed by atoms with van der Waals surface area (Å²) >= 11 is 0. The molecule has 2 aromatic carbocycles. The van der Waals surface area contributed by atoms with E-state index in [1.807, 2.05) is 0 Å². The minimum atomic E-state index is -0.410. The maximum absolute atomic E-state index is 13.3. The molecule has 23 heavy (non-hydrogen) atoms. The lowest BCUT2D eigenvalue weighted by Crippen LogP contribution is -2.28. The van der Waals surface area contributed by atoms with Gasteiger partial charge in [-0.15, -0.1) is 0 Å². The molecule has 0 radical (unpaired) electrons. The smallest absolute Gasteiger partial charge is 0.319 e. The van der Waals surface area contributed by atoms with Gasteiger partial charge in [0.05, 0.1) is 12.1 Å². The number of carbonyl (C=O) groups excluding carboxylic acids is 1. The number of ether oxygens (including phenoxy) is 2. The largest absolute Gasteiger partial charge is 0.454 e. The van der Waals surface area contributed by atoms with Crippen LogP contribution in [0.3, 0.4) is 0 Å². The molecule has 3 rings (SSSR count). The molecule has 6 heteroatoms. The van der Waals surface area contributed by atoms with E-state index >= 15 is 0 Å². The Morgan fingerprint density at radius 1 is 1.17 bits per heavy atom. The van der Waals surface area contributed by atoms with Crippen molar-refractivity contribution in [3.63, 3.8) is 0 Å². The van der Waals surface area contributed by atoms with Crippen LogP contribution in [-0.2, 0) is 0 Å². The number of halogens is 1.